The summed E-state index contributed by atoms with van der Waals surface area (Å²) in [6.45, 7) is 16.8. The number of hydrogen-bond donors (Lipinski definition) is 0. The number of nitrogens with zero attached hydrogens (tertiary/aromatic N) is 1. The van der Waals surface area contributed by atoms with Gasteiger partial charge in [-0.25, -0.2) is 9.69 Å². The van der Waals surface area contributed by atoms with Crippen LogP contribution in [0.2, 0.25) is 18.1 Å². The number of imide groups is 1. The van der Waals surface area contributed by atoms with E-state index in [1.807, 2.05) is 6.08 Å². The second-order valence-corrected chi connectivity index (χ2v) is 14.1. The molecule has 24 heavy (non-hydrogen) atoms. The lowest BCUT2D eigenvalue weighted by Crippen LogP contribution is -2.41. The van der Waals surface area contributed by atoms with Crippen molar-refractivity contribution in [3.05, 3.63) is 11.6 Å². The fourth-order valence-electron chi connectivity index (χ4n) is 2.57. The number of piperidine rings is 1. The number of rotatable bonds is 3. The van der Waals surface area contributed by atoms with E-state index in [1.54, 1.807) is 20.8 Å². The van der Waals surface area contributed by atoms with Crippen molar-refractivity contribution in [3.8, 4) is 0 Å². The van der Waals surface area contributed by atoms with Gasteiger partial charge in [0.05, 0.1) is 12.6 Å². The zero-order valence-corrected chi connectivity index (χ0v) is 17.2. The molecule has 2 unspecified atom stereocenters. The molecule has 1 heterocycles. The van der Waals surface area contributed by atoms with Gasteiger partial charge in [-0.3, -0.25) is 4.79 Å². The van der Waals surface area contributed by atoms with E-state index in [9.17, 15) is 9.59 Å². The lowest BCUT2D eigenvalue weighted by Gasteiger charge is -2.35. The van der Waals surface area contributed by atoms with Gasteiger partial charge in [-0.2, -0.15) is 0 Å². The van der Waals surface area contributed by atoms with Gasteiger partial charge in [0.1, 0.15) is 5.60 Å². The van der Waals surface area contributed by atoms with Crippen molar-refractivity contribution < 1.29 is 18.8 Å². The molecule has 2 fully saturated rings. The van der Waals surface area contributed by atoms with Crippen LogP contribution in [0.15, 0.2) is 11.6 Å². The number of carbonyl (C=O) groups excluding carboxylic acids is 2. The van der Waals surface area contributed by atoms with E-state index >= 15 is 0 Å². The molecule has 0 N–H and O–H groups in total. The van der Waals surface area contributed by atoms with Gasteiger partial charge in [0.2, 0.25) is 0 Å². The molecule has 6 heteroatoms. The molecule has 0 aromatic rings. The van der Waals surface area contributed by atoms with Crippen molar-refractivity contribution in [1.82, 2.24) is 4.90 Å². The summed E-state index contributed by atoms with van der Waals surface area (Å²) >= 11 is 0. The molecule has 0 radical (unpaired) electrons. The molecule has 136 valence electrons. The second kappa shape index (κ2) is 5.99. The van der Waals surface area contributed by atoms with Crippen LogP contribution in [0, 0.1) is 5.92 Å². The summed E-state index contributed by atoms with van der Waals surface area (Å²) in [5, 5.41) is 0.135. The first-order chi connectivity index (χ1) is 10.7. The van der Waals surface area contributed by atoms with Crippen molar-refractivity contribution in [3.63, 3.8) is 0 Å². The number of ether oxygens (including phenoxy) is 1. The molecule has 1 aliphatic heterocycles. The summed E-state index contributed by atoms with van der Waals surface area (Å²) < 4.78 is 11.5. The van der Waals surface area contributed by atoms with Crippen molar-refractivity contribution in [1.29, 1.82) is 0 Å². The van der Waals surface area contributed by atoms with Crippen LogP contribution in [0.25, 0.3) is 0 Å². The zero-order chi connectivity index (χ0) is 18.5. The van der Waals surface area contributed by atoms with E-state index in [2.05, 4.69) is 33.9 Å². The smallest absolute Gasteiger partial charge is 0.417 e. The van der Waals surface area contributed by atoms with Gasteiger partial charge in [0, 0.05) is 11.5 Å². The van der Waals surface area contributed by atoms with Gasteiger partial charge in [-0.1, -0.05) is 26.8 Å². The highest BCUT2D eigenvalue weighted by molar-refractivity contribution is 6.74. The number of fused-ring (bicyclic) bond motifs is 1. The Morgan fingerprint density at radius 1 is 1.25 bits per heavy atom. The summed E-state index contributed by atoms with van der Waals surface area (Å²) in [6, 6.07) is -0.0218. The molecular formula is C18H31NO4Si. The molecule has 0 bridgehead atoms. The predicted octanol–water partition coefficient (Wildman–Crippen LogP) is 4.10. The van der Waals surface area contributed by atoms with E-state index in [4.69, 9.17) is 9.16 Å². The maximum absolute atomic E-state index is 12.5. The maximum atomic E-state index is 12.5. The lowest BCUT2D eigenvalue weighted by molar-refractivity contribution is -0.125. The van der Waals surface area contributed by atoms with Gasteiger partial charge in [-0.15, -0.1) is 0 Å². The molecule has 2 aliphatic rings. The molecule has 1 saturated heterocycles. The Bertz CT molecular complexity index is 569. The van der Waals surface area contributed by atoms with Crippen LogP contribution in [0.1, 0.15) is 48.0 Å². The summed E-state index contributed by atoms with van der Waals surface area (Å²) in [7, 11) is -1.84. The summed E-state index contributed by atoms with van der Waals surface area (Å²) in [4.78, 5) is 26.1. The lowest BCUT2D eigenvalue weighted by atomic mass is 10.2. The van der Waals surface area contributed by atoms with Gasteiger partial charge in [-0.05, 0) is 45.3 Å². The molecule has 1 aliphatic carbocycles. The fraction of sp³-hybridized carbons (Fsp3) is 0.778. The van der Waals surface area contributed by atoms with Crippen LogP contribution < -0.4 is 0 Å². The van der Waals surface area contributed by atoms with E-state index in [0.717, 1.165) is 6.42 Å². The quantitative estimate of drug-likeness (QED) is 0.566. The third kappa shape index (κ3) is 3.91. The number of likely N-dealkylation sites (tertiary alicyclic amines) is 1. The van der Waals surface area contributed by atoms with Crippen LogP contribution >= 0.6 is 0 Å². The van der Waals surface area contributed by atoms with Crippen LogP contribution in [-0.2, 0) is 14.0 Å². The minimum atomic E-state index is -1.84. The van der Waals surface area contributed by atoms with Crippen LogP contribution in [0.4, 0.5) is 4.79 Å². The molecule has 2 atom stereocenters. The van der Waals surface area contributed by atoms with Crippen molar-refractivity contribution >= 4 is 20.3 Å². The third-order valence-electron chi connectivity index (χ3n) is 5.10. The van der Waals surface area contributed by atoms with Crippen molar-refractivity contribution in [2.75, 3.05) is 6.61 Å². The maximum Gasteiger partial charge on any atom is 0.417 e. The molecule has 1 saturated carbocycles. The average molecular weight is 354 g/mol. The monoisotopic (exact) mass is 353 g/mol. The molecule has 5 nitrogen and oxygen atoms in total. The molecular weight excluding hydrogens is 322 g/mol. The summed E-state index contributed by atoms with van der Waals surface area (Å²) in [5.74, 6) is -0.0580. The fourth-order valence-corrected chi connectivity index (χ4v) is 3.51. The van der Waals surface area contributed by atoms with E-state index in [-0.39, 0.29) is 22.9 Å². The highest BCUT2D eigenvalue weighted by Crippen LogP contribution is 2.49. The van der Waals surface area contributed by atoms with Crippen molar-refractivity contribution in [2.24, 2.45) is 5.92 Å². The van der Waals surface area contributed by atoms with E-state index < -0.39 is 20.0 Å². The second-order valence-electron chi connectivity index (χ2n) is 9.30. The molecule has 2 rings (SSSR count). The van der Waals surface area contributed by atoms with Crippen molar-refractivity contribution in [2.45, 2.75) is 77.7 Å². The largest absolute Gasteiger partial charge is 0.443 e. The van der Waals surface area contributed by atoms with Gasteiger partial charge >= 0.3 is 6.09 Å². The van der Waals surface area contributed by atoms with Crippen LogP contribution in [0.3, 0.4) is 0 Å². The zero-order valence-electron chi connectivity index (χ0n) is 16.2. The average Bonchev–Trinajstić information content (AvgIpc) is 3.05. The Morgan fingerprint density at radius 3 is 2.33 bits per heavy atom. The molecule has 0 spiro atoms. The van der Waals surface area contributed by atoms with Gasteiger partial charge in [0.25, 0.3) is 5.91 Å². The minimum absolute atomic E-state index is 0.0218. The topological polar surface area (TPSA) is 55.8 Å². The summed E-state index contributed by atoms with van der Waals surface area (Å²) in [5.41, 5.74) is 0.115. The number of amides is 2. The van der Waals surface area contributed by atoms with Crippen LogP contribution in [0.5, 0.6) is 0 Å². The predicted molar refractivity (Wildman–Crippen MR) is 96.2 cm³/mol. The first kappa shape index (κ1) is 19.2. The van der Waals surface area contributed by atoms with E-state index in [0.29, 0.717) is 12.2 Å². The molecule has 2 amide bonds. The first-order valence-corrected chi connectivity index (χ1v) is 11.6. The molecule has 0 aromatic carbocycles. The minimum Gasteiger partial charge on any atom is -0.443 e. The number of carbonyl (C=O) groups is 2. The Morgan fingerprint density at radius 2 is 1.83 bits per heavy atom. The van der Waals surface area contributed by atoms with E-state index in [1.165, 1.54) is 4.90 Å². The van der Waals surface area contributed by atoms with Crippen LogP contribution in [-0.4, -0.2) is 43.5 Å². The highest BCUT2D eigenvalue weighted by atomic mass is 28.4. The summed E-state index contributed by atoms with van der Waals surface area (Å²) in [6.07, 6.45) is 2.18. The Kier molecular flexibility index (Phi) is 4.78. The normalized spacial score (nSPS) is 25.9. The third-order valence-corrected chi connectivity index (χ3v) is 9.60. The standard InChI is InChI=1S/C18H31NO4Si/c1-17(2,3)23-16(21)19-14-11-13(14)12(15(19)20)9-10-22-24(7,8)18(4,5)6/h9,13-14H,10-11H2,1-8H3/b12-9+. The number of hydrogen-bond acceptors (Lipinski definition) is 4. The Hall–Kier alpha value is -1.14. The Labute approximate surface area is 146 Å². The van der Waals surface area contributed by atoms with Gasteiger partial charge in [0.15, 0.2) is 8.32 Å². The van der Waals surface area contributed by atoms with Gasteiger partial charge < -0.3 is 9.16 Å². The molecule has 0 aromatic heterocycles. The Balaban J connectivity index is 2.02. The SMILES string of the molecule is CC(C)(C)OC(=O)N1C(=O)/C(=C/CO[Si](C)(C)C(C)(C)C)C2CC21. The first-order valence-electron chi connectivity index (χ1n) is 8.65. The highest BCUT2D eigenvalue weighted by Gasteiger charge is 2.58.